The lowest BCUT2D eigenvalue weighted by molar-refractivity contribution is 0.102. The molecule has 0 unspecified atom stereocenters. The Balaban J connectivity index is 1.80. The number of hydrogen-bond acceptors (Lipinski definition) is 4. The fourth-order valence-corrected chi connectivity index (χ4v) is 3.67. The number of aromatic nitrogens is 1. The van der Waals surface area contributed by atoms with Crippen molar-refractivity contribution in [2.45, 2.75) is 19.9 Å². The molecule has 1 N–H and O–H groups in total. The Bertz CT molecular complexity index is 1000. The van der Waals surface area contributed by atoms with Crippen molar-refractivity contribution in [3.8, 4) is 5.75 Å². The molecule has 1 amide bonds. The minimum absolute atomic E-state index is 0.101. The van der Waals surface area contributed by atoms with Gasteiger partial charge in [0.15, 0.2) is 0 Å². The van der Waals surface area contributed by atoms with Crippen LogP contribution in [0.2, 0.25) is 0 Å². The van der Waals surface area contributed by atoms with E-state index in [1.807, 2.05) is 48.5 Å². The van der Waals surface area contributed by atoms with Gasteiger partial charge in [0.2, 0.25) is 0 Å². The summed E-state index contributed by atoms with van der Waals surface area (Å²) in [6, 6.07) is 15.3. The minimum Gasteiger partial charge on any atom is -0.497 e. The van der Waals surface area contributed by atoms with Gasteiger partial charge < -0.3 is 10.1 Å². The molecule has 1 aliphatic rings. The Labute approximate surface area is 159 Å². The molecule has 0 spiro atoms. The van der Waals surface area contributed by atoms with E-state index in [0.29, 0.717) is 5.75 Å². The molecule has 27 heavy (non-hydrogen) atoms. The summed E-state index contributed by atoms with van der Waals surface area (Å²) in [6.45, 7) is 4.84. The van der Waals surface area contributed by atoms with E-state index < -0.39 is 0 Å². The number of hydrogen-bond donors (Lipinski definition) is 1. The van der Waals surface area contributed by atoms with Crippen molar-refractivity contribution >= 4 is 22.5 Å². The molecular weight excluding hydrogens is 338 g/mol. The zero-order chi connectivity index (χ0) is 18.8. The standard InChI is InChI=1S/C22H23N3O2/c1-3-25-12-11-20-18(14-25)21(17-9-4-5-10-19(17)24-20)22(26)23-15-7-6-8-16(13-15)27-2/h4-10,13H,3,11-12,14H2,1-2H3,(H,23,26). The highest BCUT2D eigenvalue weighted by atomic mass is 16.5. The zero-order valence-electron chi connectivity index (χ0n) is 15.7. The molecule has 0 aliphatic carbocycles. The number of benzene rings is 2. The first-order valence-electron chi connectivity index (χ1n) is 9.28. The van der Waals surface area contributed by atoms with Gasteiger partial charge in [-0.25, -0.2) is 0 Å². The number of para-hydroxylation sites is 1. The van der Waals surface area contributed by atoms with Crippen molar-refractivity contribution in [3.05, 3.63) is 65.4 Å². The number of anilines is 1. The van der Waals surface area contributed by atoms with Crippen LogP contribution in [0, 0.1) is 0 Å². The molecule has 0 saturated heterocycles. The van der Waals surface area contributed by atoms with Crippen LogP contribution in [0.5, 0.6) is 5.75 Å². The number of pyridine rings is 1. The first-order chi connectivity index (χ1) is 13.2. The summed E-state index contributed by atoms with van der Waals surface area (Å²) in [5.74, 6) is 0.614. The maximum Gasteiger partial charge on any atom is 0.256 e. The summed E-state index contributed by atoms with van der Waals surface area (Å²) in [6.07, 6.45) is 0.868. The maximum atomic E-state index is 13.3. The number of carbonyl (C=O) groups excluding carboxylic acids is 1. The zero-order valence-corrected chi connectivity index (χ0v) is 15.7. The van der Waals surface area contributed by atoms with Gasteiger partial charge in [0, 0.05) is 47.9 Å². The highest BCUT2D eigenvalue weighted by Crippen LogP contribution is 2.29. The molecule has 0 fully saturated rings. The number of carbonyl (C=O) groups is 1. The molecule has 0 saturated carbocycles. The van der Waals surface area contributed by atoms with Crippen LogP contribution < -0.4 is 10.1 Å². The Kier molecular flexibility index (Phi) is 4.77. The van der Waals surface area contributed by atoms with Gasteiger partial charge in [0.1, 0.15) is 5.75 Å². The van der Waals surface area contributed by atoms with Gasteiger partial charge in [0.25, 0.3) is 5.91 Å². The number of ether oxygens (including phenoxy) is 1. The van der Waals surface area contributed by atoms with Crippen molar-refractivity contribution in [1.29, 1.82) is 0 Å². The highest BCUT2D eigenvalue weighted by molar-refractivity contribution is 6.13. The van der Waals surface area contributed by atoms with E-state index in [9.17, 15) is 4.79 Å². The molecule has 5 heteroatoms. The quantitative estimate of drug-likeness (QED) is 0.766. The van der Waals surface area contributed by atoms with Gasteiger partial charge >= 0.3 is 0 Å². The van der Waals surface area contributed by atoms with Crippen LogP contribution in [0.3, 0.4) is 0 Å². The van der Waals surface area contributed by atoms with E-state index in [-0.39, 0.29) is 5.91 Å². The number of rotatable bonds is 4. The number of nitrogens with one attached hydrogen (secondary N) is 1. The minimum atomic E-state index is -0.101. The van der Waals surface area contributed by atoms with Crippen molar-refractivity contribution in [1.82, 2.24) is 9.88 Å². The highest BCUT2D eigenvalue weighted by Gasteiger charge is 2.25. The third-order valence-electron chi connectivity index (χ3n) is 5.13. The predicted octanol–water partition coefficient (Wildman–Crippen LogP) is 3.87. The molecule has 4 rings (SSSR count). The number of amides is 1. The fourth-order valence-electron chi connectivity index (χ4n) is 3.67. The van der Waals surface area contributed by atoms with Crippen molar-refractivity contribution in [2.24, 2.45) is 0 Å². The molecule has 2 heterocycles. The van der Waals surface area contributed by atoms with Crippen LogP contribution >= 0.6 is 0 Å². The molecule has 5 nitrogen and oxygen atoms in total. The van der Waals surface area contributed by atoms with E-state index in [1.165, 1.54) is 0 Å². The number of likely N-dealkylation sites (N-methyl/N-ethyl adjacent to an activating group) is 1. The molecule has 0 bridgehead atoms. The second-order valence-electron chi connectivity index (χ2n) is 6.73. The van der Waals surface area contributed by atoms with E-state index in [1.54, 1.807) is 7.11 Å². The third-order valence-corrected chi connectivity index (χ3v) is 5.13. The lowest BCUT2D eigenvalue weighted by Crippen LogP contribution is -2.33. The summed E-state index contributed by atoms with van der Waals surface area (Å²) in [7, 11) is 1.62. The van der Waals surface area contributed by atoms with Crippen molar-refractivity contribution in [3.63, 3.8) is 0 Å². The lowest BCUT2D eigenvalue weighted by atomic mass is 9.95. The molecule has 3 aromatic rings. The second-order valence-corrected chi connectivity index (χ2v) is 6.73. The van der Waals surface area contributed by atoms with Crippen LogP contribution in [0.1, 0.15) is 28.5 Å². The maximum absolute atomic E-state index is 13.3. The first kappa shape index (κ1) is 17.5. The number of fused-ring (bicyclic) bond motifs is 2. The summed E-state index contributed by atoms with van der Waals surface area (Å²) < 4.78 is 5.26. The number of nitrogens with zero attached hydrogens (tertiary/aromatic N) is 2. The van der Waals surface area contributed by atoms with Crippen LogP contribution in [-0.2, 0) is 13.0 Å². The normalized spacial score (nSPS) is 14.0. The van der Waals surface area contributed by atoms with Gasteiger partial charge in [0.05, 0.1) is 18.2 Å². The summed E-state index contributed by atoms with van der Waals surface area (Å²) in [5, 5.41) is 3.94. The first-order valence-corrected chi connectivity index (χ1v) is 9.28. The van der Waals surface area contributed by atoms with Gasteiger partial charge in [-0.05, 0) is 24.7 Å². The van der Waals surface area contributed by atoms with Crippen LogP contribution in [0.15, 0.2) is 48.5 Å². The van der Waals surface area contributed by atoms with Crippen LogP contribution in [0.25, 0.3) is 10.9 Å². The monoisotopic (exact) mass is 361 g/mol. The molecule has 1 aliphatic heterocycles. The molecule has 1 aromatic heterocycles. The summed E-state index contributed by atoms with van der Waals surface area (Å²) in [5.41, 5.74) is 4.40. The lowest BCUT2D eigenvalue weighted by Gasteiger charge is -2.29. The Morgan fingerprint density at radius 2 is 2.07 bits per heavy atom. The van der Waals surface area contributed by atoms with Crippen molar-refractivity contribution < 1.29 is 9.53 Å². The predicted molar refractivity (Wildman–Crippen MR) is 107 cm³/mol. The molecule has 0 atom stereocenters. The molecule has 0 radical (unpaired) electrons. The van der Waals surface area contributed by atoms with E-state index in [0.717, 1.165) is 59.5 Å². The third kappa shape index (κ3) is 3.38. The fraction of sp³-hybridized carbons (Fsp3) is 0.273. The average molecular weight is 361 g/mol. The second kappa shape index (κ2) is 7.37. The Morgan fingerprint density at radius 1 is 1.22 bits per heavy atom. The number of methoxy groups -OCH3 is 1. The molecular formula is C22H23N3O2. The van der Waals surface area contributed by atoms with E-state index in [2.05, 4.69) is 17.1 Å². The topological polar surface area (TPSA) is 54.5 Å². The van der Waals surface area contributed by atoms with Crippen LogP contribution in [-0.4, -0.2) is 36.0 Å². The van der Waals surface area contributed by atoms with Crippen molar-refractivity contribution in [2.75, 3.05) is 25.5 Å². The molecule has 2 aromatic carbocycles. The van der Waals surface area contributed by atoms with Gasteiger partial charge in [-0.1, -0.05) is 31.2 Å². The average Bonchev–Trinajstić information content (AvgIpc) is 2.71. The van der Waals surface area contributed by atoms with Gasteiger partial charge in [-0.3, -0.25) is 14.7 Å². The summed E-state index contributed by atoms with van der Waals surface area (Å²) in [4.78, 5) is 20.5. The SMILES string of the molecule is CCN1CCc2nc3ccccc3c(C(=O)Nc3cccc(OC)c3)c2C1. The van der Waals surface area contributed by atoms with E-state index in [4.69, 9.17) is 9.72 Å². The summed E-state index contributed by atoms with van der Waals surface area (Å²) >= 11 is 0. The Morgan fingerprint density at radius 3 is 2.89 bits per heavy atom. The van der Waals surface area contributed by atoms with Gasteiger partial charge in [-0.15, -0.1) is 0 Å². The molecule has 138 valence electrons. The smallest absolute Gasteiger partial charge is 0.256 e. The van der Waals surface area contributed by atoms with Gasteiger partial charge in [-0.2, -0.15) is 0 Å². The van der Waals surface area contributed by atoms with Crippen LogP contribution in [0.4, 0.5) is 5.69 Å². The Hall–Kier alpha value is -2.92. The van der Waals surface area contributed by atoms with E-state index >= 15 is 0 Å². The largest absolute Gasteiger partial charge is 0.497 e.